The molecule has 2 heterocycles. The summed E-state index contributed by atoms with van der Waals surface area (Å²) in [5.74, 6) is -2.16. The smallest absolute Gasteiger partial charge is 0.308 e. The summed E-state index contributed by atoms with van der Waals surface area (Å²) < 4.78 is 13.6. The Morgan fingerprint density at radius 1 is 1.33 bits per heavy atom. The first-order valence-electron chi connectivity index (χ1n) is 7.86. The van der Waals surface area contributed by atoms with Gasteiger partial charge in [-0.3, -0.25) is 9.59 Å². The van der Waals surface area contributed by atoms with E-state index in [1.165, 1.54) is 12.1 Å². The number of likely N-dealkylation sites (tertiary alicyclic amines) is 1. The van der Waals surface area contributed by atoms with Gasteiger partial charge in [-0.05, 0) is 42.0 Å². The minimum absolute atomic E-state index is 0.0710. The van der Waals surface area contributed by atoms with E-state index in [1.54, 1.807) is 28.4 Å². The van der Waals surface area contributed by atoms with Gasteiger partial charge in [0, 0.05) is 17.8 Å². The van der Waals surface area contributed by atoms with Crippen LogP contribution < -0.4 is 0 Å². The largest absolute Gasteiger partial charge is 0.481 e. The van der Waals surface area contributed by atoms with Gasteiger partial charge in [0.1, 0.15) is 5.82 Å². The summed E-state index contributed by atoms with van der Waals surface area (Å²) in [5.41, 5.74) is 0.543. The minimum atomic E-state index is -0.946. The molecule has 6 heteroatoms. The molecule has 1 aliphatic rings. The van der Waals surface area contributed by atoms with Gasteiger partial charge in [-0.1, -0.05) is 18.2 Å². The van der Waals surface area contributed by atoms with Crippen molar-refractivity contribution in [2.24, 2.45) is 5.92 Å². The lowest BCUT2D eigenvalue weighted by molar-refractivity contribution is -0.152. The van der Waals surface area contributed by atoms with Crippen LogP contribution in [0.4, 0.5) is 4.39 Å². The van der Waals surface area contributed by atoms with Gasteiger partial charge in [-0.15, -0.1) is 11.3 Å². The second-order valence-corrected chi connectivity index (χ2v) is 6.93. The number of nitrogens with zero attached hydrogens (tertiary/aromatic N) is 1. The average molecular weight is 347 g/mol. The van der Waals surface area contributed by atoms with Gasteiger partial charge in [0.15, 0.2) is 0 Å². The van der Waals surface area contributed by atoms with E-state index in [0.717, 1.165) is 4.88 Å². The highest BCUT2D eigenvalue weighted by Gasteiger charge is 2.40. The van der Waals surface area contributed by atoms with E-state index in [2.05, 4.69) is 0 Å². The topological polar surface area (TPSA) is 57.6 Å². The molecule has 1 fully saturated rings. The monoisotopic (exact) mass is 347 g/mol. The Bertz CT molecular complexity index is 732. The Balaban J connectivity index is 1.91. The molecule has 126 valence electrons. The van der Waals surface area contributed by atoms with Gasteiger partial charge in [0.2, 0.25) is 5.91 Å². The molecule has 1 N–H and O–H groups in total. The normalized spacial score (nSPS) is 21.0. The quantitative estimate of drug-likeness (QED) is 0.901. The van der Waals surface area contributed by atoms with Crippen molar-refractivity contribution in [2.45, 2.75) is 25.3 Å². The van der Waals surface area contributed by atoms with Crippen molar-refractivity contribution in [1.29, 1.82) is 0 Å². The summed E-state index contributed by atoms with van der Waals surface area (Å²) in [6.07, 6.45) is 1.17. The average Bonchev–Trinajstić information content (AvgIpc) is 3.06. The van der Waals surface area contributed by atoms with E-state index in [9.17, 15) is 19.1 Å². The van der Waals surface area contributed by atoms with Crippen LogP contribution in [-0.2, 0) is 16.0 Å². The Morgan fingerprint density at radius 3 is 2.83 bits per heavy atom. The molecule has 1 aliphatic heterocycles. The van der Waals surface area contributed by atoms with Gasteiger partial charge >= 0.3 is 5.97 Å². The van der Waals surface area contributed by atoms with Crippen LogP contribution in [0.2, 0.25) is 0 Å². The molecule has 3 rings (SSSR count). The van der Waals surface area contributed by atoms with E-state index in [-0.39, 0.29) is 18.7 Å². The van der Waals surface area contributed by atoms with Crippen molar-refractivity contribution in [3.8, 4) is 0 Å². The standard InChI is InChI=1S/C18H18FNO3S/c19-13-4-1-3-12(11-13)17-15(18(22)23)6-7-16(21)20(17)9-8-14-5-2-10-24-14/h1-5,10-11,15,17H,6-9H2,(H,22,23)/t15-,17+/m0/s1. The number of rotatable bonds is 5. The van der Waals surface area contributed by atoms with Crippen molar-refractivity contribution in [2.75, 3.05) is 6.54 Å². The predicted molar refractivity (Wildman–Crippen MR) is 89.2 cm³/mol. The highest BCUT2D eigenvalue weighted by atomic mass is 32.1. The zero-order chi connectivity index (χ0) is 17.1. The van der Waals surface area contributed by atoms with Crippen LogP contribution in [0.3, 0.4) is 0 Å². The van der Waals surface area contributed by atoms with E-state index in [0.29, 0.717) is 18.5 Å². The maximum absolute atomic E-state index is 13.6. The molecule has 0 radical (unpaired) electrons. The molecular formula is C18H18FNO3S. The van der Waals surface area contributed by atoms with Crippen LogP contribution in [0.1, 0.15) is 29.3 Å². The molecule has 24 heavy (non-hydrogen) atoms. The summed E-state index contributed by atoms with van der Waals surface area (Å²) in [6.45, 7) is 0.435. The van der Waals surface area contributed by atoms with Gasteiger partial charge in [0.25, 0.3) is 0 Å². The van der Waals surface area contributed by atoms with Crippen LogP contribution in [0.15, 0.2) is 41.8 Å². The molecule has 2 atom stereocenters. The second kappa shape index (κ2) is 7.13. The summed E-state index contributed by atoms with van der Waals surface area (Å²) in [7, 11) is 0. The van der Waals surface area contributed by atoms with Crippen molar-refractivity contribution in [3.05, 3.63) is 58.0 Å². The number of aliphatic carboxylic acids is 1. The van der Waals surface area contributed by atoms with Crippen LogP contribution in [0, 0.1) is 11.7 Å². The predicted octanol–water partition coefficient (Wildman–Crippen LogP) is 3.49. The molecule has 4 nitrogen and oxygen atoms in total. The van der Waals surface area contributed by atoms with E-state index >= 15 is 0 Å². The Kier molecular flexibility index (Phi) is 4.94. The zero-order valence-corrected chi connectivity index (χ0v) is 13.8. The molecule has 1 aromatic heterocycles. The van der Waals surface area contributed by atoms with E-state index in [1.807, 2.05) is 17.5 Å². The summed E-state index contributed by atoms with van der Waals surface area (Å²) in [5, 5.41) is 11.5. The van der Waals surface area contributed by atoms with Gasteiger partial charge in [-0.25, -0.2) is 4.39 Å². The molecule has 0 spiro atoms. The van der Waals surface area contributed by atoms with Crippen molar-refractivity contribution in [1.82, 2.24) is 4.90 Å². The number of amides is 1. The lowest BCUT2D eigenvalue weighted by Gasteiger charge is -2.39. The fourth-order valence-electron chi connectivity index (χ4n) is 3.26. The van der Waals surface area contributed by atoms with Gasteiger partial charge in [-0.2, -0.15) is 0 Å². The molecule has 0 unspecified atom stereocenters. The van der Waals surface area contributed by atoms with Crippen molar-refractivity contribution < 1.29 is 19.1 Å². The highest BCUT2D eigenvalue weighted by Crippen LogP contribution is 2.37. The van der Waals surface area contributed by atoms with Crippen LogP contribution in [-0.4, -0.2) is 28.4 Å². The molecule has 1 saturated heterocycles. The Morgan fingerprint density at radius 2 is 2.17 bits per heavy atom. The third kappa shape index (κ3) is 3.48. The maximum Gasteiger partial charge on any atom is 0.308 e. The van der Waals surface area contributed by atoms with Crippen LogP contribution in [0.25, 0.3) is 0 Å². The molecule has 2 aromatic rings. The van der Waals surface area contributed by atoms with Gasteiger partial charge in [0.05, 0.1) is 12.0 Å². The SMILES string of the molecule is O=C(O)[C@H]1CCC(=O)N(CCc2cccs2)[C@@H]1c1cccc(F)c1. The molecule has 1 aromatic carbocycles. The number of piperidine rings is 1. The number of thiophene rings is 1. The third-order valence-electron chi connectivity index (χ3n) is 4.39. The lowest BCUT2D eigenvalue weighted by atomic mass is 9.84. The summed E-state index contributed by atoms with van der Waals surface area (Å²) in [4.78, 5) is 26.9. The Hall–Kier alpha value is -2.21. The summed E-state index contributed by atoms with van der Waals surface area (Å²) in [6, 6.07) is 9.21. The first-order chi connectivity index (χ1) is 11.6. The number of hydrogen-bond acceptors (Lipinski definition) is 3. The molecule has 0 saturated carbocycles. The minimum Gasteiger partial charge on any atom is -0.481 e. The number of hydrogen-bond donors (Lipinski definition) is 1. The summed E-state index contributed by atoms with van der Waals surface area (Å²) >= 11 is 1.61. The highest BCUT2D eigenvalue weighted by molar-refractivity contribution is 7.09. The number of carboxylic acids is 1. The van der Waals surface area contributed by atoms with Crippen LogP contribution in [0.5, 0.6) is 0 Å². The van der Waals surface area contributed by atoms with Crippen LogP contribution >= 0.6 is 11.3 Å². The third-order valence-corrected chi connectivity index (χ3v) is 5.33. The first kappa shape index (κ1) is 16.6. The lowest BCUT2D eigenvalue weighted by Crippen LogP contribution is -2.46. The second-order valence-electron chi connectivity index (χ2n) is 5.90. The number of benzene rings is 1. The fourth-order valence-corrected chi connectivity index (χ4v) is 3.96. The van der Waals surface area contributed by atoms with Gasteiger partial charge < -0.3 is 10.0 Å². The molecule has 1 amide bonds. The first-order valence-corrected chi connectivity index (χ1v) is 8.74. The Labute approximate surface area is 143 Å². The number of halogens is 1. The molecule has 0 bridgehead atoms. The number of carboxylic acid groups (broad SMARTS) is 1. The van der Waals surface area contributed by atoms with E-state index < -0.39 is 23.7 Å². The number of carbonyl (C=O) groups excluding carboxylic acids is 1. The van der Waals surface area contributed by atoms with E-state index in [4.69, 9.17) is 0 Å². The molecule has 0 aliphatic carbocycles. The maximum atomic E-state index is 13.6. The molecular weight excluding hydrogens is 329 g/mol. The van der Waals surface area contributed by atoms with Crippen molar-refractivity contribution in [3.63, 3.8) is 0 Å². The van der Waals surface area contributed by atoms with Crippen molar-refractivity contribution >= 4 is 23.2 Å². The fraction of sp³-hybridized carbons (Fsp3) is 0.333. The number of carbonyl (C=O) groups is 2. The zero-order valence-electron chi connectivity index (χ0n) is 13.0.